The number of ether oxygens (including phenoxy) is 1. The number of nitrogens with zero attached hydrogens (tertiary/aromatic N) is 1. The number of nitrogen functional groups attached to an aromatic ring is 1. The summed E-state index contributed by atoms with van der Waals surface area (Å²) in [4.78, 5) is 2.36. The number of nitrogens with two attached hydrogens (primary N) is 1. The first-order chi connectivity index (χ1) is 9.97. The summed E-state index contributed by atoms with van der Waals surface area (Å²) in [5.74, 6) is 0.505. The molecule has 1 aromatic rings. The predicted molar refractivity (Wildman–Crippen MR) is 83.9 cm³/mol. The fraction of sp³-hybridized carbons (Fsp3) is 0.571. The first kappa shape index (κ1) is 16.1. The van der Waals surface area contributed by atoms with E-state index >= 15 is 0 Å². The average Bonchev–Trinajstić information content (AvgIpc) is 2.47. The van der Waals surface area contributed by atoms with Crippen molar-refractivity contribution in [3.05, 3.63) is 18.2 Å². The van der Waals surface area contributed by atoms with Crippen LogP contribution in [0.4, 0.5) is 11.4 Å². The molecule has 1 atom stereocenters. The lowest BCUT2D eigenvalue weighted by Crippen LogP contribution is -2.37. The number of anilines is 2. The minimum absolute atomic E-state index is 0.124. The summed E-state index contributed by atoms with van der Waals surface area (Å²) in [6, 6.07) is 5.12. The molecule has 7 heteroatoms. The van der Waals surface area contributed by atoms with Gasteiger partial charge in [0.25, 0.3) is 0 Å². The lowest BCUT2D eigenvalue weighted by Gasteiger charge is -2.34. The molecule has 1 aromatic carbocycles. The number of piperidine rings is 1. The van der Waals surface area contributed by atoms with Crippen LogP contribution in [0.5, 0.6) is 0 Å². The van der Waals surface area contributed by atoms with Gasteiger partial charge in [0.1, 0.15) is 4.90 Å². The third-order valence-corrected chi connectivity index (χ3v) is 5.33. The lowest BCUT2D eigenvalue weighted by molar-refractivity contribution is 0.143. The maximum absolute atomic E-state index is 11.8. The van der Waals surface area contributed by atoms with Gasteiger partial charge in [-0.05, 0) is 44.0 Å². The SMILES string of the molecule is CNS(=O)(=O)c1ccc(N2CCCC(COC)C2)cc1N. The summed E-state index contributed by atoms with van der Waals surface area (Å²) < 4.78 is 31.2. The zero-order chi connectivity index (χ0) is 15.5. The second kappa shape index (κ2) is 6.64. The third kappa shape index (κ3) is 3.66. The molecule has 3 N–H and O–H groups in total. The van der Waals surface area contributed by atoms with E-state index in [1.165, 1.54) is 7.05 Å². The minimum Gasteiger partial charge on any atom is -0.398 e. The molecule has 1 saturated heterocycles. The number of hydrogen-bond acceptors (Lipinski definition) is 5. The van der Waals surface area contributed by atoms with Crippen LogP contribution in [0.1, 0.15) is 12.8 Å². The van der Waals surface area contributed by atoms with Crippen LogP contribution in [0.25, 0.3) is 0 Å². The van der Waals surface area contributed by atoms with Gasteiger partial charge in [-0.1, -0.05) is 0 Å². The highest BCUT2D eigenvalue weighted by atomic mass is 32.2. The van der Waals surface area contributed by atoms with Gasteiger partial charge in [0.05, 0.1) is 12.3 Å². The Hall–Kier alpha value is -1.31. The van der Waals surface area contributed by atoms with E-state index in [0.29, 0.717) is 5.92 Å². The molecule has 0 radical (unpaired) electrons. The highest BCUT2D eigenvalue weighted by molar-refractivity contribution is 7.89. The van der Waals surface area contributed by atoms with Gasteiger partial charge in [-0.25, -0.2) is 13.1 Å². The van der Waals surface area contributed by atoms with E-state index in [2.05, 4.69) is 9.62 Å². The summed E-state index contributed by atoms with van der Waals surface area (Å²) >= 11 is 0. The van der Waals surface area contributed by atoms with Crippen molar-refractivity contribution >= 4 is 21.4 Å². The van der Waals surface area contributed by atoms with Crippen molar-refractivity contribution < 1.29 is 13.2 Å². The molecule has 0 aromatic heterocycles. The summed E-state index contributed by atoms with van der Waals surface area (Å²) in [7, 11) is -0.415. The Labute approximate surface area is 126 Å². The standard InChI is InChI=1S/C14H23N3O3S/c1-16-21(18,19)14-6-5-12(8-13(14)15)17-7-3-4-11(9-17)10-20-2/h5-6,8,11,16H,3-4,7,9-10,15H2,1-2H3. The van der Waals surface area contributed by atoms with Crippen molar-refractivity contribution in [3.63, 3.8) is 0 Å². The van der Waals surface area contributed by atoms with E-state index in [1.54, 1.807) is 19.2 Å². The van der Waals surface area contributed by atoms with Gasteiger partial charge in [0.15, 0.2) is 0 Å². The van der Waals surface area contributed by atoms with Gasteiger partial charge in [0, 0.05) is 25.9 Å². The Balaban J connectivity index is 2.20. The number of rotatable bonds is 5. The average molecular weight is 313 g/mol. The molecule has 118 valence electrons. The normalized spacial score (nSPS) is 19.7. The van der Waals surface area contributed by atoms with E-state index in [0.717, 1.165) is 38.2 Å². The Morgan fingerprint density at radius 3 is 2.86 bits per heavy atom. The third-order valence-electron chi connectivity index (χ3n) is 3.84. The van der Waals surface area contributed by atoms with Crippen molar-refractivity contribution in [1.29, 1.82) is 0 Å². The van der Waals surface area contributed by atoms with Gasteiger partial charge in [-0.2, -0.15) is 0 Å². The molecule has 0 aliphatic carbocycles. The fourth-order valence-corrected chi connectivity index (χ4v) is 3.59. The van der Waals surface area contributed by atoms with Crippen LogP contribution < -0.4 is 15.4 Å². The maximum atomic E-state index is 11.8. The van der Waals surface area contributed by atoms with E-state index in [1.807, 2.05) is 6.07 Å². The smallest absolute Gasteiger partial charge is 0.242 e. The van der Waals surface area contributed by atoms with Gasteiger partial charge >= 0.3 is 0 Å². The van der Waals surface area contributed by atoms with Crippen LogP contribution in [0.2, 0.25) is 0 Å². The molecule has 21 heavy (non-hydrogen) atoms. The van der Waals surface area contributed by atoms with Gasteiger partial charge in [0.2, 0.25) is 10.0 Å². The number of hydrogen-bond donors (Lipinski definition) is 2. The summed E-state index contributed by atoms with van der Waals surface area (Å²) in [5.41, 5.74) is 7.15. The molecule has 0 spiro atoms. The molecular weight excluding hydrogens is 290 g/mol. The Bertz CT molecular complexity index is 587. The van der Waals surface area contributed by atoms with Crippen LogP contribution in [-0.2, 0) is 14.8 Å². The number of nitrogens with one attached hydrogen (secondary N) is 1. The molecule has 0 bridgehead atoms. The van der Waals surface area contributed by atoms with Crippen molar-refractivity contribution in [2.75, 3.05) is 44.5 Å². The summed E-state index contributed by atoms with van der Waals surface area (Å²) in [6.45, 7) is 2.61. The molecule has 1 unspecified atom stereocenters. The summed E-state index contributed by atoms with van der Waals surface area (Å²) in [5, 5.41) is 0. The Morgan fingerprint density at radius 1 is 1.48 bits per heavy atom. The molecule has 2 rings (SSSR count). The molecule has 1 aliphatic heterocycles. The minimum atomic E-state index is -3.51. The highest BCUT2D eigenvalue weighted by Crippen LogP contribution is 2.28. The van der Waals surface area contributed by atoms with E-state index in [4.69, 9.17) is 10.5 Å². The van der Waals surface area contributed by atoms with Gasteiger partial charge in [-0.3, -0.25) is 0 Å². The lowest BCUT2D eigenvalue weighted by atomic mass is 9.98. The van der Waals surface area contributed by atoms with Crippen molar-refractivity contribution in [1.82, 2.24) is 4.72 Å². The fourth-order valence-electron chi connectivity index (χ4n) is 2.76. The number of sulfonamides is 1. The predicted octanol–water partition coefficient (Wildman–Crippen LogP) is 1.04. The zero-order valence-electron chi connectivity index (χ0n) is 12.5. The molecule has 1 fully saturated rings. The van der Waals surface area contributed by atoms with E-state index in [-0.39, 0.29) is 10.6 Å². The van der Waals surface area contributed by atoms with Crippen LogP contribution in [-0.4, -0.2) is 42.3 Å². The molecule has 1 aliphatic rings. The van der Waals surface area contributed by atoms with Gasteiger partial charge < -0.3 is 15.4 Å². The van der Waals surface area contributed by atoms with Crippen molar-refractivity contribution in [2.24, 2.45) is 5.92 Å². The Morgan fingerprint density at radius 2 is 2.24 bits per heavy atom. The zero-order valence-corrected chi connectivity index (χ0v) is 13.3. The number of benzene rings is 1. The van der Waals surface area contributed by atoms with E-state index < -0.39 is 10.0 Å². The molecule has 0 amide bonds. The maximum Gasteiger partial charge on any atom is 0.242 e. The number of methoxy groups -OCH3 is 1. The molecule has 6 nitrogen and oxygen atoms in total. The Kier molecular flexibility index (Phi) is 5.08. The topological polar surface area (TPSA) is 84.7 Å². The second-order valence-corrected chi connectivity index (χ2v) is 7.19. The quantitative estimate of drug-likeness (QED) is 0.794. The largest absolute Gasteiger partial charge is 0.398 e. The molecule has 0 saturated carbocycles. The second-order valence-electron chi connectivity index (χ2n) is 5.34. The van der Waals surface area contributed by atoms with Crippen molar-refractivity contribution in [2.45, 2.75) is 17.7 Å². The van der Waals surface area contributed by atoms with Crippen LogP contribution in [0, 0.1) is 5.92 Å². The first-order valence-electron chi connectivity index (χ1n) is 7.05. The highest BCUT2D eigenvalue weighted by Gasteiger charge is 2.22. The first-order valence-corrected chi connectivity index (χ1v) is 8.53. The summed E-state index contributed by atoms with van der Waals surface area (Å²) in [6.07, 6.45) is 2.26. The van der Waals surface area contributed by atoms with Crippen molar-refractivity contribution in [3.8, 4) is 0 Å². The van der Waals surface area contributed by atoms with Crippen LogP contribution >= 0.6 is 0 Å². The molecule has 1 heterocycles. The molecular formula is C14H23N3O3S. The van der Waals surface area contributed by atoms with Gasteiger partial charge in [-0.15, -0.1) is 0 Å². The van der Waals surface area contributed by atoms with Crippen LogP contribution in [0.15, 0.2) is 23.1 Å². The van der Waals surface area contributed by atoms with E-state index in [9.17, 15) is 8.42 Å². The monoisotopic (exact) mass is 313 g/mol. The van der Waals surface area contributed by atoms with Crippen LogP contribution in [0.3, 0.4) is 0 Å².